The number of ether oxygens (including phenoxy) is 1. The highest BCUT2D eigenvalue weighted by molar-refractivity contribution is 5.85. The van der Waals surface area contributed by atoms with Crippen molar-refractivity contribution in [2.24, 2.45) is 5.73 Å². The number of fused-ring (bicyclic) bond motifs is 1. The molecule has 2 saturated heterocycles. The highest BCUT2D eigenvalue weighted by atomic mass is 19.2. The van der Waals surface area contributed by atoms with Gasteiger partial charge in [0.25, 0.3) is 5.91 Å². The second kappa shape index (κ2) is 8.94. The highest BCUT2D eigenvalue weighted by Gasteiger charge is 2.32. The average molecular weight is 454 g/mol. The van der Waals surface area contributed by atoms with Crippen LogP contribution in [0.4, 0.5) is 19.1 Å². The average Bonchev–Trinajstić information content (AvgIpc) is 3.12. The molecule has 4 rings (SSSR count). The minimum atomic E-state index is -1.16. The molecule has 9 nitrogen and oxygen atoms in total. The Hall–Kier alpha value is -2.86. The maximum absolute atomic E-state index is 14.0. The fourth-order valence-corrected chi connectivity index (χ4v) is 4.07. The molecule has 2 fully saturated rings. The molecule has 1 aromatic carbocycles. The lowest BCUT2D eigenvalue weighted by atomic mass is 10.1. The van der Waals surface area contributed by atoms with Crippen molar-refractivity contribution in [2.45, 2.75) is 31.3 Å². The van der Waals surface area contributed by atoms with Gasteiger partial charge < -0.3 is 30.2 Å². The smallest absolute Gasteiger partial charge is 0.250 e. The molecule has 1 unspecified atom stereocenters. The van der Waals surface area contributed by atoms with Gasteiger partial charge in [-0.05, 0) is 6.42 Å². The number of halogens is 3. The van der Waals surface area contributed by atoms with Crippen molar-refractivity contribution >= 4 is 28.8 Å². The number of benzene rings is 1. The number of nitrogens with one attached hydrogen (secondary N) is 1. The van der Waals surface area contributed by atoms with E-state index in [0.29, 0.717) is 6.54 Å². The number of imidazole rings is 1. The molecule has 12 heteroatoms. The van der Waals surface area contributed by atoms with Crippen LogP contribution in [0.3, 0.4) is 0 Å². The third-order valence-corrected chi connectivity index (χ3v) is 5.87. The summed E-state index contributed by atoms with van der Waals surface area (Å²) in [4.78, 5) is 32.6. The number of morpholine rings is 1. The second-order valence-electron chi connectivity index (χ2n) is 7.98. The van der Waals surface area contributed by atoms with E-state index in [-0.39, 0.29) is 68.0 Å². The van der Waals surface area contributed by atoms with E-state index >= 15 is 0 Å². The number of amides is 2. The Morgan fingerprint density at radius 2 is 2.00 bits per heavy atom. The molecule has 0 radical (unpaired) electrons. The molecule has 0 saturated carbocycles. The van der Waals surface area contributed by atoms with Crippen LogP contribution in [0, 0.1) is 11.6 Å². The molecule has 174 valence electrons. The van der Waals surface area contributed by atoms with Gasteiger partial charge in [0.1, 0.15) is 12.7 Å². The molecule has 3 heterocycles. The van der Waals surface area contributed by atoms with Gasteiger partial charge in [-0.2, -0.15) is 0 Å². The largest absolute Gasteiger partial charge is 0.365 e. The van der Waals surface area contributed by atoms with Crippen molar-refractivity contribution in [3.63, 3.8) is 0 Å². The first kappa shape index (κ1) is 22.3. The molecule has 2 aliphatic rings. The van der Waals surface area contributed by atoms with Crippen LogP contribution in [0.25, 0.3) is 11.0 Å². The Morgan fingerprint density at radius 1 is 1.25 bits per heavy atom. The molecule has 3 N–H and O–H groups in total. The number of alkyl halides is 1. The van der Waals surface area contributed by atoms with Crippen molar-refractivity contribution < 1.29 is 27.5 Å². The maximum Gasteiger partial charge on any atom is 0.250 e. The van der Waals surface area contributed by atoms with E-state index in [1.54, 1.807) is 4.90 Å². The number of piperidine rings is 1. The van der Waals surface area contributed by atoms with Gasteiger partial charge in [-0.3, -0.25) is 9.59 Å². The lowest BCUT2D eigenvalue weighted by Crippen LogP contribution is -2.52. The number of carbonyl (C=O) groups is 2. The van der Waals surface area contributed by atoms with E-state index in [1.807, 2.05) is 0 Å². The molecule has 0 bridgehead atoms. The first-order chi connectivity index (χ1) is 15.3. The fraction of sp³-hybridized carbons (Fsp3) is 0.550. The minimum absolute atomic E-state index is 0.0710. The van der Waals surface area contributed by atoms with Gasteiger partial charge in [-0.25, -0.2) is 18.2 Å². The predicted molar refractivity (Wildman–Crippen MR) is 110 cm³/mol. The van der Waals surface area contributed by atoms with Gasteiger partial charge in [-0.1, -0.05) is 0 Å². The monoisotopic (exact) mass is 454 g/mol. The Balaban J connectivity index is 1.65. The van der Waals surface area contributed by atoms with Gasteiger partial charge in [0, 0.05) is 38.8 Å². The quantitative estimate of drug-likeness (QED) is 0.682. The zero-order valence-electron chi connectivity index (χ0n) is 17.6. The van der Waals surface area contributed by atoms with Gasteiger partial charge in [0.05, 0.1) is 30.2 Å². The van der Waals surface area contributed by atoms with Crippen LogP contribution in [0.5, 0.6) is 0 Å². The highest BCUT2D eigenvalue weighted by Crippen LogP contribution is 2.28. The molecule has 1 aromatic heterocycles. The summed E-state index contributed by atoms with van der Waals surface area (Å²) in [5.74, 6) is -2.51. The van der Waals surface area contributed by atoms with Crippen LogP contribution in [0.15, 0.2) is 12.1 Å². The maximum atomic E-state index is 14.0. The number of nitrogens with two attached hydrogens (primary N) is 1. The van der Waals surface area contributed by atoms with Crippen LogP contribution in [-0.2, 0) is 20.9 Å². The molecule has 2 aliphatic heterocycles. The van der Waals surface area contributed by atoms with Gasteiger partial charge in [0.15, 0.2) is 17.7 Å². The molecule has 3 atom stereocenters. The lowest BCUT2D eigenvalue weighted by molar-refractivity contribution is -0.147. The molecular formula is C20H25F3N6O3. The SMILES string of the molecule is CNC(=O)C1CN(C(=O)Cn2c(N3CC[C@@H](F)[C@H](N)C3)nc3cc(F)c(F)cc32)CCO1. The summed E-state index contributed by atoms with van der Waals surface area (Å²) in [6.07, 6.45) is -1.77. The number of nitrogens with zero attached hydrogens (tertiary/aromatic N) is 4. The number of anilines is 1. The van der Waals surface area contributed by atoms with Crippen LogP contribution in [0.2, 0.25) is 0 Å². The molecule has 2 aromatic rings. The third-order valence-electron chi connectivity index (χ3n) is 5.87. The summed E-state index contributed by atoms with van der Waals surface area (Å²) in [7, 11) is 1.48. The molecule has 0 spiro atoms. The number of likely N-dealkylation sites (N-methyl/N-ethyl adjacent to an activating group) is 1. The molecular weight excluding hydrogens is 429 g/mol. The molecule has 0 aliphatic carbocycles. The minimum Gasteiger partial charge on any atom is -0.365 e. The Bertz CT molecular complexity index is 1030. The van der Waals surface area contributed by atoms with E-state index in [0.717, 1.165) is 12.1 Å². The van der Waals surface area contributed by atoms with Crippen molar-refractivity contribution in [3.8, 4) is 0 Å². The third kappa shape index (κ3) is 4.24. The fourth-order valence-electron chi connectivity index (χ4n) is 4.07. The topological polar surface area (TPSA) is 106 Å². The summed E-state index contributed by atoms with van der Waals surface area (Å²) in [6.45, 7) is 0.785. The summed E-state index contributed by atoms with van der Waals surface area (Å²) in [5.41, 5.74) is 6.28. The first-order valence-corrected chi connectivity index (χ1v) is 10.4. The Labute approximate surface area is 182 Å². The number of rotatable bonds is 4. The Morgan fingerprint density at radius 3 is 2.72 bits per heavy atom. The predicted octanol–water partition coefficient (Wildman–Crippen LogP) is 0.163. The zero-order valence-corrected chi connectivity index (χ0v) is 17.6. The van der Waals surface area contributed by atoms with Crippen molar-refractivity contribution in [1.82, 2.24) is 19.8 Å². The molecule has 2 amide bonds. The van der Waals surface area contributed by atoms with E-state index in [4.69, 9.17) is 10.5 Å². The zero-order chi connectivity index (χ0) is 23.0. The first-order valence-electron chi connectivity index (χ1n) is 10.4. The van der Waals surface area contributed by atoms with Crippen LogP contribution >= 0.6 is 0 Å². The van der Waals surface area contributed by atoms with E-state index in [1.165, 1.54) is 16.5 Å². The van der Waals surface area contributed by atoms with Crippen LogP contribution < -0.4 is 16.0 Å². The lowest BCUT2D eigenvalue weighted by Gasteiger charge is -2.35. The van der Waals surface area contributed by atoms with Crippen molar-refractivity contribution in [3.05, 3.63) is 23.8 Å². The number of hydrogen-bond donors (Lipinski definition) is 2. The molecule has 32 heavy (non-hydrogen) atoms. The number of aromatic nitrogens is 2. The van der Waals surface area contributed by atoms with E-state index in [2.05, 4.69) is 10.3 Å². The van der Waals surface area contributed by atoms with Crippen molar-refractivity contribution in [2.75, 3.05) is 44.7 Å². The number of hydrogen-bond acceptors (Lipinski definition) is 6. The van der Waals surface area contributed by atoms with E-state index < -0.39 is 30.0 Å². The summed E-state index contributed by atoms with van der Waals surface area (Å²) < 4.78 is 48.6. The van der Waals surface area contributed by atoms with Gasteiger partial charge in [0.2, 0.25) is 11.9 Å². The summed E-state index contributed by atoms with van der Waals surface area (Å²) >= 11 is 0. The van der Waals surface area contributed by atoms with Crippen molar-refractivity contribution in [1.29, 1.82) is 0 Å². The normalized spacial score (nSPS) is 24.1. The Kier molecular flexibility index (Phi) is 6.24. The van der Waals surface area contributed by atoms with E-state index in [9.17, 15) is 22.8 Å². The summed E-state index contributed by atoms with van der Waals surface area (Å²) in [5, 5.41) is 2.49. The van der Waals surface area contributed by atoms with Gasteiger partial charge >= 0.3 is 0 Å². The van der Waals surface area contributed by atoms with Gasteiger partial charge in [-0.15, -0.1) is 0 Å². The number of carbonyl (C=O) groups excluding carboxylic acids is 2. The van der Waals surface area contributed by atoms with Crippen LogP contribution in [-0.4, -0.2) is 84.4 Å². The second-order valence-corrected chi connectivity index (χ2v) is 7.98. The standard InChI is InChI=1S/C20H25F3N6O3/c1-25-19(31)17-9-27(4-5-32-17)18(30)10-29-16-7-13(23)12(22)6-15(16)26-20(29)28-3-2-11(21)14(24)8-28/h6-7,11,14,17H,2-5,8-10,24H2,1H3,(H,25,31)/t11-,14-,17?/m1/s1. The summed E-state index contributed by atoms with van der Waals surface area (Å²) in [6, 6.07) is 1.21. The van der Waals surface area contributed by atoms with Crippen LogP contribution in [0.1, 0.15) is 6.42 Å².